The molecule has 0 aliphatic heterocycles. The van der Waals surface area contributed by atoms with Gasteiger partial charge in [-0.15, -0.1) is 0 Å². The number of ether oxygens (including phenoxy) is 5. The van der Waals surface area contributed by atoms with Gasteiger partial charge >= 0.3 is 23.9 Å². The number of carbonyl (C=O) groups is 5. The second-order valence-corrected chi connectivity index (χ2v) is 12.0. The Labute approximate surface area is 313 Å². The van der Waals surface area contributed by atoms with E-state index in [1.807, 2.05) is 0 Å². The Morgan fingerprint density at radius 3 is 1.91 bits per heavy atom. The van der Waals surface area contributed by atoms with Gasteiger partial charge in [-0.05, 0) is 102 Å². The van der Waals surface area contributed by atoms with E-state index >= 15 is 4.39 Å². The van der Waals surface area contributed by atoms with Crippen LogP contribution in [0.2, 0.25) is 0 Å². The normalized spacial score (nSPS) is 10.7. The molecule has 5 aromatic rings. The molecule has 0 aromatic heterocycles. The van der Waals surface area contributed by atoms with Crippen molar-refractivity contribution in [1.29, 1.82) is 0 Å². The second-order valence-electron chi connectivity index (χ2n) is 12.0. The Balaban J connectivity index is 1.22. The van der Waals surface area contributed by atoms with E-state index in [1.54, 1.807) is 36.4 Å². The Kier molecular flexibility index (Phi) is 13.2. The van der Waals surface area contributed by atoms with Crippen LogP contribution in [0, 0.1) is 5.82 Å². The molecule has 282 valence electrons. The predicted octanol–water partition coefficient (Wildman–Crippen LogP) is 7.94. The van der Waals surface area contributed by atoms with Crippen molar-refractivity contribution in [2.45, 2.75) is 32.1 Å². The molecule has 0 bridgehead atoms. The number of hydrogen-bond donors (Lipinski definition) is 1. The number of esters is 4. The van der Waals surface area contributed by atoms with Gasteiger partial charge in [0.1, 0.15) is 11.5 Å². The van der Waals surface area contributed by atoms with Crippen molar-refractivity contribution < 1.29 is 61.5 Å². The van der Waals surface area contributed by atoms with Crippen LogP contribution in [0.3, 0.4) is 0 Å². The molecule has 0 atom stereocenters. The van der Waals surface area contributed by atoms with Crippen molar-refractivity contribution in [2.24, 2.45) is 0 Å². The molecule has 13 heteroatoms. The smallest absolute Gasteiger partial charge is 0.371 e. The lowest BCUT2D eigenvalue weighted by Crippen LogP contribution is -2.13. The molecular weight excluding hydrogens is 718 g/mol. The SMILES string of the molecule is C=C(F)C(=O)Oc1ccc2cc(C(=O)Oc3ccc(C(=O)Oc4ccc(OC(=O)c5ccc(CCCCCCO)cc5)c(F)c4C=O)cc3OC)ccc2c1. The molecule has 0 heterocycles. The van der Waals surface area contributed by atoms with Crippen LogP contribution in [0.25, 0.3) is 10.8 Å². The first-order chi connectivity index (χ1) is 26.5. The number of halogens is 2. The molecule has 0 saturated heterocycles. The van der Waals surface area contributed by atoms with Gasteiger partial charge in [0, 0.05) is 6.61 Å². The number of rotatable bonds is 16. The van der Waals surface area contributed by atoms with Crippen molar-refractivity contribution in [3.05, 3.63) is 137 Å². The summed E-state index contributed by atoms with van der Waals surface area (Å²) in [5.74, 6) is -7.31. The number of carbonyl (C=O) groups excluding carboxylic acids is 5. The summed E-state index contributed by atoms with van der Waals surface area (Å²) in [6.07, 6.45) is 4.50. The lowest BCUT2D eigenvalue weighted by atomic mass is 10.0. The van der Waals surface area contributed by atoms with Gasteiger partial charge in [-0.1, -0.05) is 43.7 Å². The minimum absolute atomic E-state index is 0.0281. The predicted molar refractivity (Wildman–Crippen MR) is 195 cm³/mol. The second kappa shape index (κ2) is 18.3. The van der Waals surface area contributed by atoms with Gasteiger partial charge in [-0.3, -0.25) is 4.79 Å². The molecule has 0 amide bonds. The number of aliphatic hydroxyl groups is 1. The molecule has 0 fully saturated rings. The Hall–Kier alpha value is -6.73. The number of fused-ring (bicyclic) bond motifs is 1. The first-order valence-corrected chi connectivity index (χ1v) is 16.9. The topological polar surface area (TPSA) is 152 Å². The summed E-state index contributed by atoms with van der Waals surface area (Å²) in [5, 5.41) is 10.1. The maximum absolute atomic E-state index is 15.3. The monoisotopic (exact) mass is 752 g/mol. The minimum atomic E-state index is -1.25. The van der Waals surface area contributed by atoms with Crippen LogP contribution in [-0.4, -0.2) is 49.0 Å². The van der Waals surface area contributed by atoms with E-state index in [1.165, 1.54) is 49.6 Å². The van der Waals surface area contributed by atoms with E-state index in [-0.39, 0.29) is 46.8 Å². The average molecular weight is 753 g/mol. The fraction of sp³-hybridized carbons (Fsp3) is 0.167. The number of unbranched alkanes of at least 4 members (excludes halogenated alkanes) is 3. The standard InChI is InChI=1S/C42H34F2O11/c1-25(43)39(47)52-32-16-14-28-21-30(13-12-29(28)22-32)41(49)54-35-17-15-31(23-37(35)51-2)42(50)53-34-18-19-36(38(44)33(34)24-46)55-40(48)27-10-8-26(9-11-27)7-5-3-4-6-20-45/h8-19,21-24,45H,1,3-7,20H2,2H3. The third kappa shape index (κ3) is 10.0. The summed E-state index contributed by atoms with van der Waals surface area (Å²) in [6.45, 7) is 3.06. The van der Waals surface area contributed by atoms with Crippen LogP contribution in [0.15, 0.2) is 103 Å². The van der Waals surface area contributed by atoms with E-state index in [9.17, 15) is 28.4 Å². The summed E-state index contributed by atoms with van der Waals surface area (Å²) >= 11 is 0. The summed E-state index contributed by atoms with van der Waals surface area (Å²) in [6, 6.07) is 21.6. The Morgan fingerprint density at radius 2 is 1.22 bits per heavy atom. The van der Waals surface area contributed by atoms with Crippen molar-refractivity contribution in [3.63, 3.8) is 0 Å². The van der Waals surface area contributed by atoms with Gasteiger partial charge in [0.05, 0.1) is 29.4 Å². The zero-order valence-electron chi connectivity index (χ0n) is 29.5. The number of hydrogen-bond acceptors (Lipinski definition) is 11. The fourth-order valence-electron chi connectivity index (χ4n) is 5.37. The first-order valence-electron chi connectivity index (χ1n) is 16.9. The number of benzene rings is 5. The highest BCUT2D eigenvalue weighted by Crippen LogP contribution is 2.32. The zero-order valence-corrected chi connectivity index (χ0v) is 29.5. The van der Waals surface area contributed by atoms with Gasteiger partial charge in [-0.2, -0.15) is 4.39 Å². The number of aldehydes is 1. The minimum Gasteiger partial charge on any atom is -0.493 e. The van der Waals surface area contributed by atoms with Crippen molar-refractivity contribution in [3.8, 4) is 28.7 Å². The molecule has 5 rings (SSSR count). The molecule has 0 aliphatic carbocycles. The van der Waals surface area contributed by atoms with Gasteiger partial charge in [0.15, 0.2) is 29.4 Å². The average Bonchev–Trinajstić information content (AvgIpc) is 3.18. The van der Waals surface area contributed by atoms with Gasteiger partial charge in [0.25, 0.3) is 0 Å². The summed E-state index contributed by atoms with van der Waals surface area (Å²) in [7, 11) is 1.28. The fourth-order valence-corrected chi connectivity index (χ4v) is 5.37. The summed E-state index contributed by atoms with van der Waals surface area (Å²) in [4.78, 5) is 62.2. The maximum Gasteiger partial charge on any atom is 0.371 e. The summed E-state index contributed by atoms with van der Waals surface area (Å²) < 4.78 is 54.6. The van der Waals surface area contributed by atoms with Gasteiger partial charge in [-0.25, -0.2) is 23.6 Å². The molecule has 5 aromatic carbocycles. The van der Waals surface area contributed by atoms with E-state index in [4.69, 9.17) is 28.8 Å². The number of methoxy groups -OCH3 is 1. The molecule has 0 aliphatic rings. The van der Waals surface area contributed by atoms with Crippen LogP contribution in [0.1, 0.15) is 72.7 Å². The zero-order chi connectivity index (χ0) is 39.5. The van der Waals surface area contributed by atoms with E-state index < -0.39 is 52.6 Å². The van der Waals surface area contributed by atoms with Crippen LogP contribution < -0.4 is 23.7 Å². The van der Waals surface area contributed by atoms with Crippen molar-refractivity contribution in [1.82, 2.24) is 0 Å². The van der Waals surface area contributed by atoms with E-state index in [0.717, 1.165) is 49.8 Å². The highest BCUT2D eigenvalue weighted by molar-refractivity contribution is 5.98. The Bertz CT molecular complexity index is 2260. The highest BCUT2D eigenvalue weighted by Gasteiger charge is 2.22. The van der Waals surface area contributed by atoms with Gasteiger partial charge in [0.2, 0.25) is 5.83 Å². The van der Waals surface area contributed by atoms with Crippen molar-refractivity contribution >= 4 is 40.9 Å². The molecular formula is C42H34F2O11. The molecule has 0 radical (unpaired) electrons. The molecule has 11 nitrogen and oxygen atoms in total. The lowest BCUT2D eigenvalue weighted by molar-refractivity contribution is -0.131. The van der Waals surface area contributed by atoms with E-state index in [0.29, 0.717) is 10.8 Å². The molecule has 1 N–H and O–H groups in total. The molecule has 55 heavy (non-hydrogen) atoms. The first kappa shape index (κ1) is 39.5. The number of aliphatic hydroxyl groups excluding tert-OH is 1. The molecule has 0 spiro atoms. The highest BCUT2D eigenvalue weighted by atomic mass is 19.1. The largest absolute Gasteiger partial charge is 0.493 e. The van der Waals surface area contributed by atoms with Crippen LogP contribution in [-0.2, 0) is 11.2 Å². The van der Waals surface area contributed by atoms with Crippen molar-refractivity contribution in [2.75, 3.05) is 13.7 Å². The number of aryl methyl sites for hydroxylation is 1. The van der Waals surface area contributed by atoms with Crippen LogP contribution in [0.5, 0.6) is 28.7 Å². The van der Waals surface area contributed by atoms with Gasteiger partial charge < -0.3 is 28.8 Å². The molecule has 0 unspecified atom stereocenters. The maximum atomic E-state index is 15.3. The van der Waals surface area contributed by atoms with Crippen LogP contribution in [0.4, 0.5) is 8.78 Å². The third-order valence-electron chi connectivity index (χ3n) is 8.27. The Morgan fingerprint density at radius 1 is 0.655 bits per heavy atom. The third-order valence-corrected chi connectivity index (χ3v) is 8.27. The van der Waals surface area contributed by atoms with Crippen LogP contribution >= 0.6 is 0 Å². The lowest BCUT2D eigenvalue weighted by Gasteiger charge is -2.13. The van der Waals surface area contributed by atoms with E-state index in [2.05, 4.69) is 6.58 Å². The summed E-state index contributed by atoms with van der Waals surface area (Å²) in [5.41, 5.74) is 0.551. The molecule has 0 saturated carbocycles. The quantitative estimate of drug-likeness (QED) is 0.0344.